The number of hydrogen-bond acceptors (Lipinski definition) is 2. The Morgan fingerprint density at radius 2 is 2.00 bits per heavy atom. The predicted molar refractivity (Wildman–Crippen MR) is 78.5 cm³/mol. The van der Waals surface area contributed by atoms with E-state index in [1.165, 1.54) is 18.4 Å². The number of piperidine rings is 1. The molecule has 2 nitrogen and oxygen atoms in total. The van der Waals surface area contributed by atoms with Crippen molar-refractivity contribution in [2.45, 2.75) is 45.4 Å². The van der Waals surface area contributed by atoms with E-state index in [1.54, 1.807) is 0 Å². The summed E-state index contributed by atoms with van der Waals surface area (Å²) in [5.41, 5.74) is 2.34. The Kier molecular flexibility index (Phi) is 4.50. The molecule has 0 radical (unpaired) electrons. The summed E-state index contributed by atoms with van der Waals surface area (Å²) < 4.78 is 0. The Bertz CT molecular complexity index is 395. The number of rotatable bonds is 3. The lowest BCUT2D eigenvalue weighted by atomic mass is 9.99. The molecule has 0 amide bonds. The molecular weight excluding hydrogens is 244 g/mol. The lowest BCUT2D eigenvalue weighted by molar-refractivity contribution is 0.436. The minimum Gasteiger partial charge on any atom is -0.357 e. The maximum atomic E-state index is 5.99. The first-order chi connectivity index (χ1) is 8.60. The lowest BCUT2D eigenvalue weighted by Crippen LogP contribution is -2.33. The number of aromatic nitrogens is 1. The van der Waals surface area contributed by atoms with Crippen LogP contribution >= 0.6 is 11.6 Å². The third kappa shape index (κ3) is 3.17. The van der Waals surface area contributed by atoms with Crippen LogP contribution in [-0.4, -0.2) is 18.1 Å². The SMILES string of the molecule is CC1CCN(c2cc(CCl)cc(C(C)C)n2)CC1. The zero-order valence-corrected chi connectivity index (χ0v) is 12.4. The second-order valence-corrected chi connectivity index (χ2v) is 5.98. The highest BCUT2D eigenvalue weighted by Crippen LogP contribution is 2.25. The minimum absolute atomic E-state index is 0.454. The summed E-state index contributed by atoms with van der Waals surface area (Å²) in [6.45, 7) is 8.94. The second-order valence-electron chi connectivity index (χ2n) is 5.72. The Labute approximate surface area is 115 Å². The molecule has 0 aliphatic carbocycles. The summed E-state index contributed by atoms with van der Waals surface area (Å²) in [6.07, 6.45) is 2.54. The van der Waals surface area contributed by atoms with Crippen LogP contribution in [0.2, 0.25) is 0 Å². The van der Waals surface area contributed by atoms with Crippen molar-refractivity contribution < 1.29 is 0 Å². The number of pyridine rings is 1. The molecule has 0 bridgehead atoms. The molecule has 0 spiro atoms. The summed E-state index contributed by atoms with van der Waals surface area (Å²) in [4.78, 5) is 7.20. The van der Waals surface area contributed by atoms with E-state index in [-0.39, 0.29) is 0 Å². The van der Waals surface area contributed by atoms with Gasteiger partial charge in [0.05, 0.1) is 0 Å². The van der Waals surface area contributed by atoms with E-state index in [2.05, 4.69) is 37.8 Å². The van der Waals surface area contributed by atoms with E-state index in [0.717, 1.165) is 30.5 Å². The van der Waals surface area contributed by atoms with Crippen LogP contribution in [0, 0.1) is 5.92 Å². The van der Waals surface area contributed by atoms with E-state index >= 15 is 0 Å². The van der Waals surface area contributed by atoms with Crippen molar-refractivity contribution >= 4 is 17.4 Å². The summed E-state index contributed by atoms with van der Waals surface area (Å²) in [5, 5.41) is 0. The van der Waals surface area contributed by atoms with Crippen LogP contribution in [0.15, 0.2) is 12.1 Å². The summed E-state index contributed by atoms with van der Waals surface area (Å²) in [7, 11) is 0. The zero-order chi connectivity index (χ0) is 13.1. The summed E-state index contributed by atoms with van der Waals surface area (Å²) in [6, 6.07) is 4.28. The Morgan fingerprint density at radius 3 is 2.56 bits per heavy atom. The molecule has 1 aliphatic heterocycles. The number of anilines is 1. The predicted octanol–water partition coefficient (Wildman–Crippen LogP) is 4.18. The topological polar surface area (TPSA) is 16.1 Å². The molecule has 3 heteroatoms. The maximum absolute atomic E-state index is 5.99. The van der Waals surface area contributed by atoms with Gasteiger partial charge < -0.3 is 4.90 Å². The number of halogens is 1. The van der Waals surface area contributed by atoms with Gasteiger partial charge in [-0.15, -0.1) is 11.6 Å². The number of alkyl halides is 1. The Hall–Kier alpha value is -0.760. The van der Waals surface area contributed by atoms with Gasteiger partial charge in [-0.25, -0.2) is 4.98 Å². The standard InChI is InChI=1S/C15H23ClN2/c1-11(2)14-8-13(10-16)9-15(17-14)18-6-4-12(3)5-7-18/h8-9,11-12H,4-7,10H2,1-3H3. The fourth-order valence-corrected chi connectivity index (χ4v) is 2.52. The average Bonchev–Trinajstić information content (AvgIpc) is 2.39. The molecule has 0 atom stereocenters. The van der Waals surface area contributed by atoms with E-state index in [9.17, 15) is 0 Å². The van der Waals surface area contributed by atoms with Crippen molar-refractivity contribution in [1.29, 1.82) is 0 Å². The number of nitrogens with zero attached hydrogens (tertiary/aromatic N) is 2. The Balaban J connectivity index is 2.23. The molecule has 1 aromatic rings. The van der Waals surface area contributed by atoms with Gasteiger partial charge in [-0.2, -0.15) is 0 Å². The quantitative estimate of drug-likeness (QED) is 0.763. The summed E-state index contributed by atoms with van der Waals surface area (Å²) in [5.74, 6) is 2.99. The molecule has 0 saturated carbocycles. The van der Waals surface area contributed by atoms with Crippen LogP contribution in [0.1, 0.15) is 50.8 Å². The smallest absolute Gasteiger partial charge is 0.129 e. The van der Waals surface area contributed by atoms with Gasteiger partial charge in [0.25, 0.3) is 0 Å². The van der Waals surface area contributed by atoms with Gasteiger partial charge in [0.2, 0.25) is 0 Å². The molecule has 0 unspecified atom stereocenters. The summed E-state index contributed by atoms with van der Waals surface area (Å²) >= 11 is 5.99. The third-order valence-electron chi connectivity index (χ3n) is 3.74. The molecule has 1 aliphatic rings. The van der Waals surface area contributed by atoms with Gasteiger partial charge in [0.15, 0.2) is 0 Å². The lowest BCUT2D eigenvalue weighted by Gasteiger charge is -2.31. The Morgan fingerprint density at radius 1 is 1.33 bits per heavy atom. The van der Waals surface area contributed by atoms with E-state index in [0.29, 0.717) is 11.8 Å². The second kappa shape index (κ2) is 5.92. The first-order valence-corrected chi connectivity index (χ1v) is 7.45. The molecule has 1 saturated heterocycles. The molecule has 18 heavy (non-hydrogen) atoms. The van der Waals surface area contributed by atoms with Crippen LogP contribution in [0.25, 0.3) is 0 Å². The highest BCUT2D eigenvalue weighted by atomic mass is 35.5. The van der Waals surface area contributed by atoms with Crippen LogP contribution in [-0.2, 0) is 5.88 Å². The first-order valence-electron chi connectivity index (χ1n) is 6.92. The highest BCUT2D eigenvalue weighted by Gasteiger charge is 2.18. The van der Waals surface area contributed by atoms with Crippen molar-refractivity contribution in [1.82, 2.24) is 4.98 Å². The van der Waals surface area contributed by atoms with Crippen molar-refractivity contribution in [3.05, 3.63) is 23.4 Å². The molecule has 1 fully saturated rings. The minimum atomic E-state index is 0.454. The fraction of sp³-hybridized carbons (Fsp3) is 0.667. The largest absolute Gasteiger partial charge is 0.357 e. The molecule has 2 rings (SSSR count). The van der Waals surface area contributed by atoms with Gasteiger partial charge in [-0.05, 0) is 42.4 Å². The van der Waals surface area contributed by atoms with Crippen molar-refractivity contribution in [2.24, 2.45) is 5.92 Å². The number of hydrogen-bond donors (Lipinski definition) is 0. The zero-order valence-electron chi connectivity index (χ0n) is 11.6. The molecule has 0 aromatic carbocycles. The highest BCUT2D eigenvalue weighted by molar-refractivity contribution is 6.17. The van der Waals surface area contributed by atoms with Gasteiger partial charge in [0, 0.05) is 24.7 Å². The van der Waals surface area contributed by atoms with E-state index < -0.39 is 0 Å². The van der Waals surface area contributed by atoms with Gasteiger partial charge in [-0.1, -0.05) is 20.8 Å². The van der Waals surface area contributed by atoms with Gasteiger partial charge in [0.1, 0.15) is 5.82 Å². The van der Waals surface area contributed by atoms with Crippen molar-refractivity contribution in [3.8, 4) is 0 Å². The molecule has 0 N–H and O–H groups in total. The average molecular weight is 267 g/mol. The van der Waals surface area contributed by atoms with Crippen LogP contribution in [0.4, 0.5) is 5.82 Å². The van der Waals surface area contributed by atoms with Gasteiger partial charge in [-0.3, -0.25) is 0 Å². The molecule has 1 aromatic heterocycles. The normalized spacial score (nSPS) is 17.5. The van der Waals surface area contributed by atoms with E-state index in [1.807, 2.05) is 0 Å². The molecular formula is C15H23ClN2. The van der Waals surface area contributed by atoms with Crippen LogP contribution < -0.4 is 4.90 Å². The van der Waals surface area contributed by atoms with Crippen LogP contribution in [0.5, 0.6) is 0 Å². The maximum Gasteiger partial charge on any atom is 0.129 e. The monoisotopic (exact) mass is 266 g/mol. The molecule has 100 valence electrons. The van der Waals surface area contributed by atoms with Crippen LogP contribution in [0.3, 0.4) is 0 Å². The van der Waals surface area contributed by atoms with Crippen molar-refractivity contribution in [2.75, 3.05) is 18.0 Å². The fourth-order valence-electron chi connectivity index (χ4n) is 2.37. The van der Waals surface area contributed by atoms with Crippen molar-refractivity contribution in [3.63, 3.8) is 0 Å². The van der Waals surface area contributed by atoms with E-state index in [4.69, 9.17) is 16.6 Å². The first kappa shape index (κ1) is 13.7. The van der Waals surface area contributed by atoms with Gasteiger partial charge >= 0.3 is 0 Å². The molecule has 2 heterocycles. The third-order valence-corrected chi connectivity index (χ3v) is 4.05.